The van der Waals surface area contributed by atoms with E-state index in [-0.39, 0.29) is 12.5 Å². The second kappa shape index (κ2) is 6.41. The van der Waals surface area contributed by atoms with E-state index in [9.17, 15) is 4.79 Å². The van der Waals surface area contributed by atoms with E-state index in [1.54, 1.807) is 0 Å². The van der Waals surface area contributed by atoms with Crippen LogP contribution in [-0.2, 0) is 16.1 Å². The number of benzene rings is 2. The highest BCUT2D eigenvalue weighted by Gasteiger charge is 2.04. The molecule has 5 nitrogen and oxygen atoms in total. The van der Waals surface area contributed by atoms with Gasteiger partial charge in [0, 0.05) is 19.3 Å². The topological polar surface area (TPSA) is 56.1 Å². The number of aromatic nitrogens is 2. The number of nitrogens with zero attached hydrogens (tertiary/aromatic N) is 2. The predicted octanol–water partition coefficient (Wildman–Crippen LogP) is 2.29. The maximum absolute atomic E-state index is 11.4. The van der Waals surface area contributed by atoms with E-state index in [2.05, 4.69) is 10.3 Å². The van der Waals surface area contributed by atoms with E-state index in [1.165, 1.54) is 7.11 Å². The van der Waals surface area contributed by atoms with Crippen molar-refractivity contribution in [3.63, 3.8) is 0 Å². The third-order valence-electron chi connectivity index (χ3n) is 3.43. The summed E-state index contributed by atoms with van der Waals surface area (Å²) in [6, 6.07) is 16.0. The van der Waals surface area contributed by atoms with Crippen molar-refractivity contribution in [3.05, 3.63) is 60.4 Å². The summed E-state index contributed by atoms with van der Waals surface area (Å²) < 4.78 is 6.82. The fraction of sp³-hybridized carbons (Fsp3) is 0.176. The van der Waals surface area contributed by atoms with Crippen molar-refractivity contribution in [2.75, 3.05) is 13.7 Å². The molecule has 5 heteroatoms. The standard InChI is InChI=1S/C17H17N3O2/c1-22-11-17(21)18-10-13-6-8-14(9-7-13)20-12-19-15-4-2-3-5-16(15)20/h2-9,12H,10-11H2,1H3,(H,18,21). The van der Waals surface area contributed by atoms with Gasteiger partial charge in [-0.3, -0.25) is 9.36 Å². The molecule has 0 saturated heterocycles. The van der Waals surface area contributed by atoms with Gasteiger partial charge in [-0.2, -0.15) is 0 Å². The zero-order chi connectivity index (χ0) is 15.4. The Bertz CT molecular complexity index is 778. The lowest BCUT2D eigenvalue weighted by atomic mass is 10.2. The number of amides is 1. The van der Waals surface area contributed by atoms with Crippen LogP contribution >= 0.6 is 0 Å². The number of carbonyl (C=O) groups excluding carboxylic acids is 1. The molecule has 0 aliphatic heterocycles. The van der Waals surface area contributed by atoms with Crippen LogP contribution in [0.5, 0.6) is 0 Å². The van der Waals surface area contributed by atoms with Crippen molar-refractivity contribution in [2.24, 2.45) is 0 Å². The summed E-state index contributed by atoms with van der Waals surface area (Å²) in [4.78, 5) is 15.8. The van der Waals surface area contributed by atoms with Gasteiger partial charge in [-0.15, -0.1) is 0 Å². The average molecular weight is 295 g/mol. The molecule has 0 unspecified atom stereocenters. The minimum atomic E-state index is -0.118. The monoisotopic (exact) mass is 295 g/mol. The Labute approximate surface area is 128 Å². The van der Waals surface area contributed by atoms with Gasteiger partial charge in [-0.25, -0.2) is 4.98 Å². The number of hydrogen-bond donors (Lipinski definition) is 1. The maximum atomic E-state index is 11.4. The van der Waals surface area contributed by atoms with Crippen molar-refractivity contribution in [1.82, 2.24) is 14.9 Å². The van der Waals surface area contributed by atoms with Crippen LogP contribution in [0.4, 0.5) is 0 Å². The average Bonchev–Trinajstić information content (AvgIpc) is 2.98. The Morgan fingerprint density at radius 2 is 1.95 bits per heavy atom. The fourth-order valence-electron chi connectivity index (χ4n) is 2.32. The zero-order valence-corrected chi connectivity index (χ0v) is 12.3. The molecular formula is C17H17N3O2. The Hall–Kier alpha value is -2.66. The summed E-state index contributed by atoms with van der Waals surface area (Å²) >= 11 is 0. The maximum Gasteiger partial charge on any atom is 0.246 e. The van der Waals surface area contributed by atoms with Crippen molar-refractivity contribution in [2.45, 2.75) is 6.54 Å². The molecule has 3 aromatic rings. The number of para-hydroxylation sites is 2. The third kappa shape index (κ3) is 2.99. The molecule has 0 fully saturated rings. The van der Waals surface area contributed by atoms with Gasteiger partial charge in [0.2, 0.25) is 5.91 Å². The summed E-state index contributed by atoms with van der Waals surface area (Å²) in [5.74, 6) is -0.118. The van der Waals surface area contributed by atoms with Crippen LogP contribution in [0.3, 0.4) is 0 Å². The number of ether oxygens (including phenoxy) is 1. The molecule has 1 heterocycles. The highest BCUT2D eigenvalue weighted by Crippen LogP contribution is 2.18. The molecule has 0 spiro atoms. The minimum Gasteiger partial charge on any atom is -0.375 e. The molecule has 0 atom stereocenters. The third-order valence-corrected chi connectivity index (χ3v) is 3.43. The molecule has 0 aliphatic rings. The SMILES string of the molecule is COCC(=O)NCc1ccc(-n2cnc3ccccc32)cc1. The Morgan fingerprint density at radius 3 is 2.73 bits per heavy atom. The molecule has 0 radical (unpaired) electrons. The number of rotatable bonds is 5. The lowest BCUT2D eigenvalue weighted by molar-refractivity contribution is -0.124. The first-order chi connectivity index (χ1) is 10.8. The summed E-state index contributed by atoms with van der Waals surface area (Å²) in [5.41, 5.74) is 4.13. The molecular weight excluding hydrogens is 278 g/mol. The van der Waals surface area contributed by atoms with Crippen LogP contribution in [0.2, 0.25) is 0 Å². The van der Waals surface area contributed by atoms with Crippen LogP contribution in [0, 0.1) is 0 Å². The van der Waals surface area contributed by atoms with Crippen LogP contribution in [0.15, 0.2) is 54.9 Å². The molecule has 0 aliphatic carbocycles. The van der Waals surface area contributed by atoms with E-state index in [1.807, 2.05) is 59.4 Å². The molecule has 0 bridgehead atoms. The Morgan fingerprint density at radius 1 is 1.18 bits per heavy atom. The minimum absolute atomic E-state index is 0.0824. The van der Waals surface area contributed by atoms with Gasteiger partial charge in [-0.1, -0.05) is 24.3 Å². The largest absolute Gasteiger partial charge is 0.375 e. The Balaban J connectivity index is 1.75. The molecule has 0 saturated carbocycles. The van der Waals surface area contributed by atoms with Crippen LogP contribution in [0.1, 0.15) is 5.56 Å². The van der Waals surface area contributed by atoms with E-state index < -0.39 is 0 Å². The van der Waals surface area contributed by atoms with E-state index >= 15 is 0 Å². The molecule has 112 valence electrons. The highest BCUT2D eigenvalue weighted by atomic mass is 16.5. The van der Waals surface area contributed by atoms with Crippen LogP contribution < -0.4 is 5.32 Å². The molecule has 1 N–H and O–H groups in total. The first kappa shape index (κ1) is 14.3. The Kier molecular flexibility index (Phi) is 4.16. The normalized spacial score (nSPS) is 10.8. The molecule has 22 heavy (non-hydrogen) atoms. The second-order valence-corrected chi connectivity index (χ2v) is 4.98. The number of carbonyl (C=O) groups is 1. The lowest BCUT2D eigenvalue weighted by Gasteiger charge is -2.07. The van der Waals surface area contributed by atoms with Gasteiger partial charge in [0.25, 0.3) is 0 Å². The second-order valence-electron chi connectivity index (χ2n) is 4.98. The quantitative estimate of drug-likeness (QED) is 0.785. The van der Waals surface area contributed by atoms with E-state index in [0.29, 0.717) is 6.54 Å². The van der Waals surface area contributed by atoms with Gasteiger partial charge in [0.05, 0.1) is 11.0 Å². The van der Waals surface area contributed by atoms with Gasteiger partial charge < -0.3 is 10.1 Å². The van der Waals surface area contributed by atoms with E-state index in [0.717, 1.165) is 22.3 Å². The van der Waals surface area contributed by atoms with Crippen molar-refractivity contribution in [1.29, 1.82) is 0 Å². The smallest absolute Gasteiger partial charge is 0.246 e. The van der Waals surface area contributed by atoms with Gasteiger partial charge in [0.15, 0.2) is 0 Å². The number of nitrogens with one attached hydrogen (secondary N) is 1. The first-order valence-corrected chi connectivity index (χ1v) is 7.05. The summed E-state index contributed by atoms with van der Waals surface area (Å²) in [7, 11) is 1.50. The number of imidazole rings is 1. The number of fused-ring (bicyclic) bond motifs is 1. The predicted molar refractivity (Wildman–Crippen MR) is 84.8 cm³/mol. The van der Waals surface area contributed by atoms with Crippen molar-refractivity contribution in [3.8, 4) is 5.69 Å². The number of methoxy groups -OCH3 is 1. The van der Waals surface area contributed by atoms with Crippen LogP contribution in [-0.4, -0.2) is 29.2 Å². The van der Waals surface area contributed by atoms with E-state index in [4.69, 9.17) is 4.74 Å². The fourth-order valence-corrected chi connectivity index (χ4v) is 2.32. The summed E-state index contributed by atoms with van der Waals surface area (Å²) in [5, 5.41) is 2.80. The van der Waals surface area contributed by atoms with Crippen molar-refractivity contribution >= 4 is 16.9 Å². The first-order valence-electron chi connectivity index (χ1n) is 7.05. The molecule has 2 aromatic carbocycles. The lowest BCUT2D eigenvalue weighted by Crippen LogP contribution is -2.26. The molecule has 1 aromatic heterocycles. The summed E-state index contributed by atoms with van der Waals surface area (Å²) in [6.07, 6.45) is 1.82. The zero-order valence-electron chi connectivity index (χ0n) is 12.3. The molecule has 3 rings (SSSR count). The van der Waals surface area contributed by atoms with Gasteiger partial charge in [-0.05, 0) is 29.8 Å². The summed E-state index contributed by atoms with van der Waals surface area (Å²) in [6.45, 7) is 0.576. The van der Waals surface area contributed by atoms with Gasteiger partial charge in [0.1, 0.15) is 12.9 Å². The number of hydrogen-bond acceptors (Lipinski definition) is 3. The molecule has 1 amide bonds. The van der Waals surface area contributed by atoms with Crippen molar-refractivity contribution < 1.29 is 9.53 Å². The van der Waals surface area contributed by atoms with Gasteiger partial charge >= 0.3 is 0 Å². The highest BCUT2D eigenvalue weighted by molar-refractivity contribution is 5.77. The van der Waals surface area contributed by atoms with Crippen LogP contribution in [0.25, 0.3) is 16.7 Å².